The highest BCUT2D eigenvalue weighted by atomic mass is 16.5. The van der Waals surface area contributed by atoms with Crippen molar-refractivity contribution < 1.29 is 14.6 Å². The van der Waals surface area contributed by atoms with Gasteiger partial charge < -0.3 is 15.2 Å². The molecule has 1 fully saturated rings. The molecule has 0 saturated carbocycles. The van der Waals surface area contributed by atoms with E-state index >= 15 is 0 Å². The minimum absolute atomic E-state index is 0.0299. The number of benzene rings is 2. The molecule has 1 aliphatic rings. The zero-order valence-corrected chi connectivity index (χ0v) is 19.1. The van der Waals surface area contributed by atoms with Crippen LogP contribution in [0.5, 0.6) is 5.75 Å². The molecule has 1 atom stereocenters. The van der Waals surface area contributed by atoms with Gasteiger partial charge in [0.2, 0.25) is 5.91 Å². The highest BCUT2D eigenvalue weighted by molar-refractivity contribution is 5.78. The first-order valence-electron chi connectivity index (χ1n) is 11.2. The molecule has 1 aliphatic heterocycles. The Labute approximate surface area is 186 Å². The number of hydrogen-bond acceptors (Lipinski definition) is 4. The lowest BCUT2D eigenvalue weighted by Crippen LogP contribution is -2.49. The van der Waals surface area contributed by atoms with Gasteiger partial charge in [0.15, 0.2) is 0 Å². The summed E-state index contributed by atoms with van der Waals surface area (Å²) in [7, 11) is 0. The molecule has 0 aromatic heterocycles. The number of rotatable bonds is 8. The first-order valence-corrected chi connectivity index (χ1v) is 11.2. The van der Waals surface area contributed by atoms with Crippen LogP contribution in [-0.2, 0) is 11.2 Å². The molecule has 5 heteroatoms. The summed E-state index contributed by atoms with van der Waals surface area (Å²) < 4.78 is 5.85. The molecule has 3 rings (SSSR count). The lowest BCUT2D eigenvalue weighted by Gasteiger charge is -2.29. The van der Waals surface area contributed by atoms with Gasteiger partial charge in [-0.25, -0.2) is 0 Å². The first kappa shape index (κ1) is 23.3. The molecule has 5 nitrogen and oxygen atoms in total. The molecule has 0 aliphatic carbocycles. The van der Waals surface area contributed by atoms with Crippen molar-refractivity contribution in [2.24, 2.45) is 0 Å². The normalized spacial score (nSPS) is 20.1. The van der Waals surface area contributed by atoms with Gasteiger partial charge in [0.25, 0.3) is 0 Å². The Morgan fingerprint density at radius 3 is 2.52 bits per heavy atom. The average molecular weight is 425 g/mol. The quantitative estimate of drug-likeness (QED) is 0.678. The fourth-order valence-corrected chi connectivity index (χ4v) is 4.16. The van der Waals surface area contributed by atoms with Crippen molar-refractivity contribution in [1.29, 1.82) is 0 Å². The second-order valence-electron chi connectivity index (χ2n) is 9.55. The number of nitrogens with zero attached hydrogens (tertiary/aromatic N) is 1. The number of aliphatic hydroxyl groups is 1. The van der Waals surface area contributed by atoms with Gasteiger partial charge in [0.05, 0.1) is 12.1 Å². The minimum Gasteiger partial charge on any atom is -0.491 e. The summed E-state index contributed by atoms with van der Waals surface area (Å²) in [5, 5.41) is 14.2. The van der Waals surface area contributed by atoms with E-state index in [1.165, 1.54) is 11.1 Å². The van der Waals surface area contributed by atoms with E-state index < -0.39 is 5.60 Å². The van der Waals surface area contributed by atoms with E-state index in [2.05, 4.69) is 36.2 Å². The Bertz CT molecular complexity index is 835. The molecule has 0 radical (unpaired) electrons. The van der Waals surface area contributed by atoms with Crippen LogP contribution < -0.4 is 10.1 Å². The van der Waals surface area contributed by atoms with Crippen LogP contribution in [0.2, 0.25) is 0 Å². The zero-order valence-electron chi connectivity index (χ0n) is 19.1. The molecule has 168 valence electrons. The summed E-state index contributed by atoms with van der Waals surface area (Å²) in [6.45, 7) is 8.27. The summed E-state index contributed by atoms with van der Waals surface area (Å²) in [5.41, 5.74) is 1.22. The van der Waals surface area contributed by atoms with E-state index in [1.807, 2.05) is 49.4 Å². The summed E-state index contributed by atoms with van der Waals surface area (Å²) in [4.78, 5) is 14.8. The van der Waals surface area contributed by atoms with Crippen molar-refractivity contribution in [3.05, 3.63) is 65.7 Å². The van der Waals surface area contributed by atoms with Gasteiger partial charge in [-0.15, -0.1) is 0 Å². The topological polar surface area (TPSA) is 61.8 Å². The van der Waals surface area contributed by atoms with Crippen LogP contribution in [0.25, 0.3) is 0 Å². The number of likely N-dealkylation sites (tertiary alicyclic amines) is 1. The molecular weight excluding hydrogens is 388 g/mol. The van der Waals surface area contributed by atoms with Gasteiger partial charge in [-0.1, -0.05) is 48.0 Å². The molecule has 31 heavy (non-hydrogen) atoms. The van der Waals surface area contributed by atoms with E-state index in [4.69, 9.17) is 4.74 Å². The standard InChI is InChI=1S/C26H36N2O3/c1-21-10-12-23(13-11-21)31-20-26(30)14-7-16-28(17-15-26)19-24(29)27-25(2,3)18-22-8-5-4-6-9-22/h4-6,8-13,30H,7,14-20H2,1-3H3,(H,27,29). The number of nitrogens with one attached hydrogen (secondary N) is 1. The fraction of sp³-hybridized carbons (Fsp3) is 0.500. The second-order valence-corrected chi connectivity index (χ2v) is 9.55. The van der Waals surface area contributed by atoms with Gasteiger partial charge in [0, 0.05) is 12.1 Å². The van der Waals surface area contributed by atoms with Crippen LogP contribution in [-0.4, -0.2) is 53.3 Å². The van der Waals surface area contributed by atoms with Crippen LogP contribution in [0.1, 0.15) is 44.2 Å². The molecule has 0 bridgehead atoms. The Balaban J connectivity index is 1.46. The SMILES string of the molecule is Cc1ccc(OCC2(O)CCCN(CC(=O)NC(C)(C)Cc3ccccc3)CC2)cc1. The van der Waals surface area contributed by atoms with Gasteiger partial charge >= 0.3 is 0 Å². The maximum absolute atomic E-state index is 12.7. The largest absolute Gasteiger partial charge is 0.491 e. The van der Waals surface area contributed by atoms with Crippen molar-refractivity contribution in [1.82, 2.24) is 10.2 Å². The van der Waals surface area contributed by atoms with Crippen molar-refractivity contribution in [2.45, 2.75) is 57.6 Å². The smallest absolute Gasteiger partial charge is 0.234 e. The van der Waals surface area contributed by atoms with Crippen molar-refractivity contribution in [3.8, 4) is 5.75 Å². The first-order chi connectivity index (χ1) is 14.7. The van der Waals surface area contributed by atoms with Crippen LogP contribution in [0.3, 0.4) is 0 Å². The third kappa shape index (κ3) is 7.67. The van der Waals surface area contributed by atoms with Crippen LogP contribution in [0, 0.1) is 6.92 Å². The third-order valence-corrected chi connectivity index (χ3v) is 5.87. The van der Waals surface area contributed by atoms with Gasteiger partial charge in [0.1, 0.15) is 12.4 Å². The lowest BCUT2D eigenvalue weighted by atomic mass is 9.95. The van der Waals surface area contributed by atoms with Crippen LogP contribution >= 0.6 is 0 Å². The number of carbonyl (C=O) groups is 1. The highest BCUT2D eigenvalue weighted by Crippen LogP contribution is 2.24. The molecule has 1 unspecified atom stereocenters. The average Bonchev–Trinajstić information content (AvgIpc) is 2.89. The van der Waals surface area contributed by atoms with Crippen LogP contribution in [0.4, 0.5) is 0 Å². The molecule has 1 heterocycles. The summed E-state index contributed by atoms with van der Waals surface area (Å²) in [6, 6.07) is 18.1. The summed E-state index contributed by atoms with van der Waals surface area (Å²) >= 11 is 0. The van der Waals surface area contributed by atoms with Crippen molar-refractivity contribution in [2.75, 3.05) is 26.2 Å². The predicted octanol–water partition coefficient (Wildman–Crippen LogP) is 3.73. The fourth-order valence-electron chi connectivity index (χ4n) is 4.16. The monoisotopic (exact) mass is 424 g/mol. The van der Waals surface area contributed by atoms with Crippen molar-refractivity contribution >= 4 is 5.91 Å². The molecule has 2 N–H and O–H groups in total. The number of carbonyl (C=O) groups excluding carboxylic acids is 1. The number of ether oxygens (including phenoxy) is 1. The molecule has 2 aromatic rings. The molecule has 0 spiro atoms. The Hall–Kier alpha value is -2.37. The number of hydrogen-bond donors (Lipinski definition) is 2. The van der Waals surface area contributed by atoms with E-state index in [9.17, 15) is 9.90 Å². The Kier molecular flexibility index (Phi) is 7.74. The third-order valence-electron chi connectivity index (χ3n) is 5.87. The molecule has 1 saturated heterocycles. The van der Waals surface area contributed by atoms with Crippen LogP contribution in [0.15, 0.2) is 54.6 Å². The molecule has 1 amide bonds. The van der Waals surface area contributed by atoms with Crippen molar-refractivity contribution in [3.63, 3.8) is 0 Å². The van der Waals surface area contributed by atoms with E-state index in [-0.39, 0.29) is 18.1 Å². The summed E-state index contributed by atoms with van der Waals surface area (Å²) in [5.74, 6) is 0.808. The van der Waals surface area contributed by atoms with E-state index in [0.717, 1.165) is 25.1 Å². The van der Waals surface area contributed by atoms with Gasteiger partial charge in [-0.2, -0.15) is 0 Å². The maximum atomic E-state index is 12.7. The number of aryl methyl sites for hydroxylation is 1. The Morgan fingerprint density at radius 1 is 1.10 bits per heavy atom. The molecular formula is C26H36N2O3. The zero-order chi connectivity index (χ0) is 22.3. The highest BCUT2D eigenvalue weighted by Gasteiger charge is 2.32. The number of amides is 1. The lowest BCUT2D eigenvalue weighted by molar-refractivity contribution is -0.123. The second kappa shape index (κ2) is 10.3. The van der Waals surface area contributed by atoms with E-state index in [0.29, 0.717) is 25.9 Å². The minimum atomic E-state index is -0.858. The van der Waals surface area contributed by atoms with E-state index in [1.54, 1.807) is 0 Å². The molecule has 2 aromatic carbocycles. The summed E-state index contributed by atoms with van der Waals surface area (Å²) in [6.07, 6.45) is 2.90. The Morgan fingerprint density at radius 2 is 1.81 bits per heavy atom. The predicted molar refractivity (Wildman–Crippen MR) is 124 cm³/mol. The maximum Gasteiger partial charge on any atom is 0.234 e. The van der Waals surface area contributed by atoms with Gasteiger partial charge in [-0.05, 0) is 70.7 Å². The van der Waals surface area contributed by atoms with Gasteiger partial charge in [-0.3, -0.25) is 9.69 Å².